The molecule has 0 atom stereocenters. The zero-order chi connectivity index (χ0) is 19.1. The van der Waals surface area contributed by atoms with Crippen LogP contribution in [0.1, 0.15) is 97.3 Å². The van der Waals surface area contributed by atoms with E-state index in [1.807, 2.05) is 0 Å². The molecule has 0 aliphatic heterocycles. The first-order valence-corrected chi connectivity index (χ1v) is 10.8. The quantitative estimate of drug-likeness (QED) is 0.129. The monoisotopic (exact) mass is 372 g/mol. The molecule has 0 aromatic heterocycles. The van der Waals surface area contributed by atoms with Gasteiger partial charge in [0.2, 0.25) is 0 Å². The van der Waals surface area contributed by atoms with Crippen LogP contribution in [-0.2, 0) is 18.9 Å². The number of unbranched alkanes of at least 4 members (excludes halogenated alkanes) is 9. The van der Waals surface area contributed by atoms with Gasteiger partial charge in [0, 0.05) is 20.3 Å². The highest BCUT2D eigenvalue weighted by Crippen LogP contribution is 2.12. The molecule has 0 aliphatic rings. The lowest BCUT2D eigenvalue weighted by atomic mass is 10.1. The first-order valence-electron chi connectivity index (χ1n) is 10.8. The van der Waals surface area contributed by atoms with Gasteiger partial charge in [-0.05, 0) is 44.6 Å². The third kappa shape index (κ3) is 19.7. The Morgan fingerprint density at radius 2 is 1.35 bits per heavy atom. The van der Waals surface area contributed by atoms with Crippen molar-refractivity contribution in [2.24, 2.45) is 0 Å². The van der Waals surface area contributed by atoms with Crippen LogP contribution in [0.2, 0.25) is 0 Å². The Morgan fingerprint density at radius 1 is 0.731 bits per heavy atom. The Morgan fingerprint density at radius 3 is 1.92 bits per heavy atom. The molecule has 0 heterocycles. The van der Waals surface area contributed by atoms with Crippen LogP contribution in [0.3, 0.4) is 0 Å². The van der Waals surface area contributed by atoms with Crippen LogP contribution < -0.4 is 0 Å². The second kappa shape index (κ2) is 22.5. The van der Waals surface area contributed by atoms with Gasteiger partial charge in [0.15, 0.2) is 13.1 Å². The molecular formula is C22H44O4. The topological polar surface area (TPSA) is 36.9 Å². The van der Waals surface area contributed by atoms with Crippen molar-refractivity contribution in [3.05, 3.63) is 12.3 Å². The summed E-state index contributed by atoms with van der Waals surface area (Å²) in [6.07, 6.45) is 19.3. The molecule has 26 heavy (non-hydrogen) atoms. The highest BCUT2D eigenvalue weighted by atomic mass is 16.7. The first-order chi connectivity index (χ1) is 12.8. The number of hydrogen-bond acceptors (Lipinski definition) is 4. The highest BCUT2D eigenvalue weighted by molar-refractivity contribution is 4.72. The van der Waals surface area contributed by atoms with Gasteiger partial charge in [-0.2, -0.15) is 0 Å². The average Bonchev–Trinajstić information content (AvgIpc) is 2.65. The zero-order valence-electron chi connectivity index (χ0n) is 17.7. The average molecular weight is 373 g/mol. The van der Waals surface area contributed by atoms with Gasteiger partial charge < -0.3 is 18.9 Å². The van der Waals surface area contributed by atoms with Crippen molar-refractivity contribution in [1.29, 1.82) is 0 Å². The summed E-state index contributed by atoms with van der Waals surface area (Å²) in [5, 5.41) is 0. The summed E-state index contributed by atoms with van der Waals surface area (Å²) >= 11 is 0. The molecule has 0 aromatic rings. The van der Waals surface area contributed by atoms with Gasteiger partial charge in [-0.3, -0.25) is 0 Å². The van der Waals surface area contributed by atoms with Gasteiger partial charge in [-0.25, -0.2) is 0 Å². The van der Waals surface area contributed by atoms with Crippen LogP contribution >= 0.6 is 0 Å². The summed E-state index contributed by atoms with van der Waals surface area (Å²) in [5.74, 6) is 0. The number of allylic oxidation sites excluding steroid dienone is 1. The molecule has 0 spiro atoms. The van der Waals surface area contributed by atoms with Crippen LogP contribution in [0.25, 0.3) is 0 Å². The lowest BCUT2D eigenvalue weighted by Gasteiger charge is -2.19. The molecule has 0 rings (SSSR count). The fourth-order valence-corrected chi connectivity index (χ4v) is 2.70. The van der Waals surface area contributed by atoms with Crippen molar-refractivity contribution in [2.75, 3.05) is 27.1 Å². The maximum absolute atomic E-state index is 6.00. The Hall–Kier alpha value is -0.580. The molecular weight excluding hydrogens is 328 g/mol. The summed E-state index contributed by atoms with van der Waals surface area (Å²) in [6, 6.07) is 0. The SMILES string of the molecule is CCCCCCOC(CCCCCC=COCOC)OCCCCCC. The van der Waals surface area contributed by atoms with Gasteiger partial charge in [-0.15, -0.1) is 0 Å². The molecule has 0 saturated heterocycles. The van der Waals surface area contributed by atoms with E-state index >= 15 is 0 Å². The van der Waals surface area contributed by atoms with Gasteiger partial charge >= 0.3 is 0 Å². The van der Waals surface area contributed by atoms with Crippen molar-refractivity contribution >= 4 is 0 Å². The maximum atomic E-state index is 6.00. The smallest absolute Gasteiger partial charge is 0.187 e. The molecule has 0 radical (unpaired) electrons. The van der Waals surface area contributed by atoms with E-state index in [-0.39, 0.29) is 6.29 Å². The predicted octanol–water partition coefficient (Wildman–Crippen LogP) is 6.59. The Balaban J connectivity index is 3.78. The van der Waals surface area contributed by atoms with E-state index < -0.39 is 0 Å². The summed E-state index contributed by atoms with van der Waals surface area (Å²) in [7, 11) is 1.63. The molecule has 4 nitrogen and oxygen atoms in total. The third-order valence-corrected chi connectivity index (χ3v) is 4.29. The third-order valence-electron chi connectivity index (χ3n) is 4.29. The van der Waals surface area contributed by atoms with Crippen LogP contribution in [-0.4, -0.2) is 33.4 Å². The normalized spacial score (nSPS) is 11.7. The van der Waals surface area contributed by atoms with Crippen molar-refractivity contribution in [3.8, 4) is 0 Å². The Bertz CT molecular complexity index is 267. The molecule has 0 N–H and O–H groups in total. The van der Waals surface area contributed by atoms with Crippen LogP contribution in [0.4, 0.5) is 0 Å². The lowest BCUT2D eigenvalue weighted by molar-refractivity contribution is -0.148. The van der Waals surface area contributed by atoms with Crippen LogP contribution in [0.15, 0.2) is 12.3 Å². The van der Waals surface area contributed by atoms with Gasteiger partial charge in [-0.1, -0.05) is 58.8 Å². The maximum Gasteiger partial charge on any atom is 0.187 e. The van der Waals surface area contributed by atoms with Gasteiger partial charge in [0.25, 0.3) is 0 Å². The van der Waals surface area contributed by atoms with E-state index in [9.17, 15) is 0 Å². The zero-order valence-corrected chi connectivity index (χ0v) is 17.7. The molecule has 0 fully saturated rings. The van der Waals surface area contributed by atoms with Gasteiger partial charge in [0.05, 0.1) is 6.26 Å². The molecule has 0 aromatic carbocycles. The summed E-state index contributed by atoms with van der Waals surface area (Å²) in [5.41, 5.74) is 0. The van der Waals surface area contributed by atoms with E-state index in [4.69, 9.17) is 18.9 Å². The van der Waals surface area contributed by atoms with E-state index in [1.54, 1.807) is 13.4 Å². The molecule has 156 valence electrons. The second-order valence-corrected chi connectivity index (χ2v) is 6.88. The molecule has 0 saturated carbocycles. The van der Waals surface area contributed by atoms with Crippen LogP contribution in [0.5, 0.6) is 0 Å². The molecule has 0 unspecified atom stereocenters. The number of ether oxygens (including phenoxy) is 4. The Kier molecular flexibility index (Phi) is 22.0. The molecule has 0 bridgehead atoms. The standard InChI is InChI=1S/C22H44O4/c1-4-6-8-15-19-25-22(26-20-16-9-7-5-2)17-13-11-10-12-14-18-24-21-23-3/h14,18,22H,4-13,15-17,19-21H2,1-3H3. The fraction of sp³-hybridized carbons (Fsp3) is 0.909. The number of hydrogen-bond donors (Lipinski definition) is 0. The Labute approximate surface area is 162 Å². The summed E-state index contributed by atoms with van der Waals surface area (Å²) < 4.78 is 21.9. The highest BCUT2D eigenvalue weighted by Gasteiger charge is 2.09. The second-order valence-electron chi connectivity index (χ2n) is 6.88. The minimum absolute atomic E-state index is 0.0150. The van der Waals surface area contributed by atoms with E-state index in [1.165, 1.54) is 51.4 Å². The van der Waals surface area contributed by atoms with E-state index in [2.05, 4.69) is 19.9 Å². The van der Waals surface area contributed by atoms with Crippen molar-refractivity contribution in [1.82, 2.24) is 0 Å². The number of rotatable bonds is 21. The minimum atomic E-state index is -0.0150. The summed E-state index contributed by atoms with van der Waals surface area (Å²) in [6.45, 7) is 6.46. The van der Waals surface area contributed by atoms with Crippen molar-refractivity contribution in [3.63, 3.8) is 0 Å². The van der Waals surface area contributed by atoms with Crippen LogP contribution in [0, 0.1) is 0 Å². The molecule has 0 amide bonds. The van der Waals surface area contributed by atoms with E-state index in [0.29, 0.717) is 6.79 Å². The van der Waals surface area contributed by atoms with Gasteiger partial charge in [0.1, 0.15) is 0 Å². The summed E-state index contributed by atoms with van der Waals surface area (Å²) in [4.78, 5) is 0. The van der Waals surface area contributed by atoms with Crippen molar-refractivity contribution < 1.29 is 18.9 Å². The minimum Gasteiger partial charge on any atom is -0.476 e. The lowest BCUT2D eigenvalue weighted by Crippen LogP contribution is -2.19. The number of methoxy groups -OCH3 is 1. The van der Waals surface area contributed by atoms with Crippen molar-refractivity contribution in [2.45, 2.75) is 104 Å². The molecule has 0 aliphatic carbocycles. The molecule has 4 heteroatoms. The largest absolute Gasteiger partial charge is 0.476 e. The fourth-order valence-electron chi connectivity index (χ4n) is 2.70. The predicted molar refractivity (Wildman–Crippen MR) is 109 cm³/mol. The van der Waals surface area contributed by atoms with E-state index in [0.717, 1.165) is 45.3 Å². The first kappa shape index (κ1) is 25.4.